The molecule has 0 aliphatic heterocycles. The molecule has 0 saturated carbocycles. The Morgan fingerprint density at radius 1 is 1.60 bits per heavy atom. The molecule has 0 aromatic carbocycles. The van der Waals surface area contributed by atoms with Crippen molar-refractivity contribution in [3.8, 4) is 0 Å². The van der Waals surface area contributed by atoms with Crippen molar-refractivity contribution in [3.63, 3.8) is 0 Å². The molecule has 0 fully saturated rings. The van der Waals surface area contributed by atoms with Crippen molar-refractivity contribution < 1.29 is 13.3 Å². The molecule has 0 heterocycles. The van der Waals surface area contributed by atoms with Crippen LogP contribution in [0.1, 0.15) is 6.92 Å². The van der Waals surface area contributed by atoms with E-state index in [1.54, 1.807) is 6.92 Å². The molecule has 0 aromatic rings. The minimum absolute atomic E-state index is 0.0278. The highest BCUT2D eigenvalue weighted by Crippen LogP contribution is 1.98. The van der Waals surface area contributed by atoms with Crippen molar-refractivity contribution in [3.05, 3.63) is 0 Å². The highest BCUT2D eigenvalue weighted by molar-refractivity contribution is 7.90. The van der Waals surface area contributed by atoms with E-state index < -0.39 is 9.84 Å². The lowest BCUT2D eigenvalue weighted by Crippen LogP contribution is -2.18. The zero-order valence-electron chi connectivity index (χ0n) is 6.20. The van der Waals surface area contributed by atoms with E-state index >= 15 is 0 Å². The van der Waals surface area contributed by atoms with E-state index in [9.17, 15) is 8.42 Å². The fraction of sp³-hybridized carbons (Fsp3) is 1.00. The topological polar surface area (TPSA) is 69.4 Å². The summed E-state index contributed by atoms with van der Waals surface area (Å²) in [4.78, 5) is 4.29. The fourth-order valence-electron chi connectivity index (χ4n) is 0.729. The summed E-state index contributed by atoms with van der Waals surface area (Å²) in [7, 11) is -2.88. The zero-order valence-corrected chi connectivity index (χ0v) is 7.02. The summed E-state index contributed by atoms with van der Waals surface area (Å²) in [5.41, 5.74) is 0. The molecular formula is C5H13NO3S. The molecule has 0 aliphatic carbocycles. The first-order chi connectivity index (χ1) is 4.45. The van der Waals surface area contributed by atoms with Gasteiger partial charge in [-0.2, -0.15) is 0 Å². The zero-order chi connectivity index (χ0) is 8.20. The van der Waals surface area contributed by atoms with E-state index in [2.05, 4.69) is 4.84 Å². The number of hydrogen-bond donors (Lipinski definition) is 1. The third kappa shape index (κ3) is 6.00. The average molecular weight is 167 g/mol. The Balaban J connectivity index is 3.69. The van der Waals surface area contributed by atoms with Gasteiger partial charge in [0.25, 0.3) is 0 Å². The molecular weight excluding hydrogens is 154 g/mol. The Labute approximate surface area is 61.2 Å². The van der Waals surface area contributed by atoms with E-state index in [1.165, 1.54) is 6.26 Å². The highest BCUT2D eigenvalue weighted by atomic mass is 32.2. The molecule has 1 unspecified atom stereocenters. The van der Waals surface area contributed by atoms with Gasteiger partial charge in [-0.1, -0.05) is 6.92 Å². The summed E-state index contributed by atoms with van der Waals surface area (Å²) >= 11 is 0. The molecule has 0 aliphatic rings. The molecule has 0 saturated heterocycles. The lowest BCUT2D eigenvalue weighted by molar-refractivity contribution is 0.113. The molecule has 0 amide bonds. The van der Waals surface area contributed by atoms with Crippen molar-refractivity contribution in [2.75, 3.05) is 18.6 Å². The Kier molecular flexibility index (Phi) is 3.85. The predicted octanol–water partition coefficient (Wildman–Crippen LogP) is -0.443. The molecule has 2 N–H and O–H groups in total. The number of rotatable bonds is 4. The van der Waals surface area contributed by atoms with Gasteiger partial charge in [0, 0.05) is 6.26 Å². The second-order valence-corrected chi connectivity index (χ2v) is 4.72. The van der Waals surface area contributed by atoms with Crippen LogP contribution in [0, 0.1) is 5.92 Å². The summed E-state index contributed by atoms with van der Waals surface area (Å²) in [6, 6.07) is 0. The average Bonchev–Trinajstić information content (AvgIpc) is 1.59. The quantitative estimate of drug-likeness (QED) is 0.576. The van der Waals surface area contributed by atoms with Gasteiger partial charge in [-0.15, -0.1) is 0 Å². The lowest BCUT2D eigenvalue weighted by atomic mass is 10.2. The summed E-state index contributed by atoms with van der Waals surface area (Å²) in [5, 5.41) is 0. The third-order valence-electron chi connectivity index (χ3n) is 0.968. The van der Waals surface area contributed by atoms with Gasteiger partial charge in [-0.05, 0) is 5.92 Å². The minimum atomic E-state index is -2.88. The summed E-state index contributed by atoms with van der Waals surface area (Å²) < 4.78 is 21.2. The molecule has 5 heteroatoms. The SMILES string of the molecule is CC(CON)CS(C)(=O)=O. The molecule has 1 atom stereocenters. The summed E-state index contributed by atoms with van der Waals surface area (Å²) in [5.74, 6) is 4.85. The molecule has 4 nitrogen and oxygen atoms in total. The molecule has 0 rings (SSSR count). The number of nitrogens with two attached hydrogens (primary N) is 1. The Morgan fingerprint density at radius 2 is 2.10 bits per heavy atom. The maximum atomic E-state index is 10.6. The van der Waals surface area contributed by atoms with Crippen LogP contribution in [0.15, 0.2) is 0 Å². The number of sulfone groups is 1. The van der Waals surface area contributed by atoms with Crippen molar-refractivity contribution in [2.24, 2.45) is 11.8 Å². The molecule has 0 aromatic heterocycles. The van der Waals surface area contributed by atoms with Gasteiger partial charge >= 0.3 is 0 Å². The van der Waals surface area contributed by atoms with Crippen LogP contribution in [0.3, 0.4) is 0 Å². The second kappa shape index (κ2) is 3.90. The first kappa shape index (κ1) is 9.87. The Morgan fingerprint density at radius 3 is 2.40 bits per heavy atom. The van der Waals surface area contributed by atoms with Gasteiger partial charge in [0.2, 0.25) is 0 Å². The highest BCUT2D eigenvalue weighted by Gasteiger charge is 2.09. The Bertz CT molecular complexity index is 175. The smallest absolute Gasteiger partial charge is 0.147 e. The van der Waals surface area contributed by atoms with Crippen LogP contribution in [0.4, 0.5) is 0 Å². The van der Waals surface area contributed by atoms with Crippen molar-refractivity contribution in [1.29, 1.82) is 0 Å². The van der Waals surface area contributed by atoms with E-state index in [1.807, 2.05) is 0 Å². The summed E-state index contributed by atoms with van der Waals surface area (Å²) in [6.45, 7) is 2.06. The van der Waals surface area contributed by atoms with Crippen molar-refractivity contribution in [2.45, 2.75) is 6.92 Å². The third-order valence-corrected chi connectivity index (χ3v) is 2.14. The van der Waals surface area contributed by atoms with Gasteiger partial charge in [0.1, 0.15) is 9.84 Å². The fourth-order valence-corrected chi connectivity index (χ4v) is 1.86. The lowest BCUT2D eigenvalue weighted by Gasteiger charge is -2.06. The van der Waals surface area contributed by atoms with Crippen LogP contribution >= 0.6 is 0 Å². The van der Waals surface area contributed by atoms with Crippen LogP contribution in [0.25, 0.3) is 0 Å². The standard InChI is InChI=1S/C5H13NO3S/c1-5(3-9-6)4-10(2,7)8/h5H,3-4,6H2,1-2H3. The minimum Gasteiger partial charge on any atom is -0.304 e. The van der Waals surface area contributed by atoms with Crippen LogP contribution < -0.4 is 5.90 Å². The van der Waals surface area contributed by atoms with Gasteiger partial charge in [0.05, 0.1) is 12.4 Å². The largest absolute Gasteiger partial charge is 0.304 e. The van der Waals surface area contributed by atoms with Crippen LogP contribution in [-0.2, 0) is 14.7 Å². The summed E-state index contributed by atoms with van der Waals surface area (Å²) in [6.07, 6.45) is 1.19. The van der Waals surface area contributed by atoms with Crippen molar-refractivity contribution >= 4 is 9.84 Å². The Hall–Kier alpha value is -0.130. The molecule has 10 heavy (non-hydrogen) atoms. The van der Waals surface area contributed by atoms with Crippen LogP contribution in [-0.4, -0.2) is 27.0 Å². The van der Waals surface area contributed by atoms with E-state index in [-0.39, 0.29) is 18.3 Å². The van der Waals surface area contributed by atoms with Crippen LogP contribution in [0.2, 0.25) is 0 Å². The van der Waals surface area contributed by atoms with Crippen LogP contribution in [0.5, 0.6) is 0 Å². The first-order valence-corrected chi connectivity index (χ1v) is 5.01. The predicted molar refractivity (Wildman–Crippen MR) is 39.0 cm³/mol. The second-order valence-electron chi connectivity index (χ2n) is 2.53. The normalized spacial score (nSPS) is 15.1. The monoisotopic (exact) mass is 167 g/mol. The maximum absolute atomic E-state index is 10.6. The van der Waals surface area contributed by atoms with Gasteiger partial charge in [-0.3, -0.25) is 0 Å². The molecule has 0 radical (unpaired) electrons. The van der Waals surface area contributed by atoms with Gasteiger partial charge < -0.3 is 4.84 Å². The van der Waals surface area contributed by atoms with Gasteiger partial charge in [-0.25, -0.2) is 14.3 Å². The molecule has 0 spiro atoms. The maximum Gasteiger partial charge on any atom is 0.147 e. The van der Waals surface area contributed by atoms with Crippen molar-refractivity contribution in [1.82, 2.24) is 0 Å². The molecule has 0 bridgehead atoms. The van der Waals surface area contributed by atoms with E-state index in [0.29, 0.717) is 0 Å². The van der Waals surface area contributed by atoms with Gasteiger partial charge in [0.15, 0.2) is 0 Å². The van der Waals surface area contributed by atoms with E-state index in [0.717, 1.165) is 0 Å². The number of hydrogen-bond acceptors (Lipinski definition) is 4. The van der Waals surface area contributed by atoms with E-state index in [4.69, 9.17) is 5.90 Å². The molecule has 62 valence electrons. The first-order valence-electron chi connectivity index (χ1n) is 2.95.